The zero-order valence-electron chi connectivity index (χ0n) is 11.6. The molecule has 0 bridgehead atoms. The van der Waals surface area contributed by atoms with Gasteiger partial charge in [0.2, 0.25) is 0 Å². The van der Waals surface area contributed by atoms with Gasteiger partial charge < -0.3 is 9.72 Å². The van der Waals surface area contributed by atoms with Crippen molar-refractivity contribution in [1.82, 2.24) is 4.98 Å². The molecule has 1 heterocycles. The highest BCUT2D eigenvalue weighted by Crippen LogP contribution is 2.42. The molecular formula is C17H17NO2. The largest absolute Gasteiger partial charge is 0.496 e. The molecule has 0 radical (unpaired) electrons. The van der Waals surface area contributed by atoms with Crippen LogP contribution in [0, 0.1) is 0 Å². The SMILES string of the molecule is COc1cccc2c1Cc1c-2[nH]c(=O)c2c1CCCC2. The summed E-state index contributed by atoms with van der Waals surface area (Å²) >= 11 is 0. The van der Waals surface area contributed by atoms with E-state index in [9.17, 15) is 4.79 Å². The quantitative estimate of drug-likeness (QED) is 0.736. The summed E-state index contributed by atoms with van der Waals surface area (Å²) in [5.74, 6) is 0.920. The van der Waals surface area contributed by atoms with Gasteiger partial charge >= 0.3 is 0 Å². The summed E-state index contributed by atoms with van der Waals surface area (Å²) in [6, 6.07) is 6.06. The fourth-order valence-electron chi connectivity index (χ4n) is 3.68. The number of fused-ring (bicyclic) bond motifs is 5. The maximum Gasteiger partial charge on any atom is 0.251 e. The lowest BCUT2D eigenvalue weighted by Crippen LogP contribution is -2.21. The van der Waals surface area contributed by atoms with Crippen LogP contribution < -0.4 is 10.3 Å². The fourth-order valence-corrected chi connectivity index (χ4v) is 3.68. The first-order valence-corrected chi connectivity index (χ1v) is 7.22. The van der Waals surface area contributed by atoms with Gasteiger partial charge in [0, 0.05) is 23.1 Å². The number of hydrogen-bond acceptors (Lipinski definition) is 2. The molecule has 2 aliphatic rings. The van der Waals surface area contributed by atoms with Gasteiger partial charge in [-0.15, -0.1) is 0 Å². The molecule has 20 heavy (non-hydrogen) atoms. The summed E-state index contributed by atoms with van der Waals surface area (Å²) < 4.78 is 5.47. The Hall–Kier alpha value is -2.03. The first kappa shape index (κ1) is 11.8. The molecule has 0 fully saturated rings. The van der Waals surface area contributed by atoms with Crippen LogP contribution >= 0.6 is 0 Å². The summed E-state index contributed by atoms with van der Waals surface area (Å²) in [4.78, 5) is 15.4. The van der Waals surface area contributed by atoms with Crippen LogP contribution in [0.5, 0.6) is 5.75 Å². The van der Waals surface area contributed by atoms with Gasteiger partial charge in [-0.05, 0) is 42.9 Å². The molecular weight excluding hydrogens is 250 g/mol. The maximum atomic E-state index is 12.3. The molecule has 3 nitrogen and oxygen atoms in total. The highest BCUT2D eigenvalue weighted by Gasteiger charge is 2.28. The fraction of sp³-hybridized carbons (Fsp3) is 0.353. The molecule has 1 aromatic carbocycles. The molecule has 0 spiro atoms. The number of nitrogens with one attached hydrogen (secondary N) is 1. The lowest BCUT2D eigenvalue weighted by atomic mass is 9.88. The van der Waals surface area contributed by atoms with Gasteiger partial charge in [-0.1, -0.05) is 12.1 Å². The van der Waals surface area contributed by atoms with Crippen molar-refractivity contribution in [3.63, 3.8) is 0 Å². The number of benzene rings is 1. The predicted molar refractivity (Wildman–Crippen MR) is 78.5 cm³/mol. The van der Waals surface area contributed by atoms with Crippen molar-refractivity contribution in [3.8, 4) is 17.0 Å². The van der Waals surface area contributed by atoms with Gasteiger partial charge in [0.25, 0.3) is 5.56 Å². The number of ether oxygens (including phenoxy) is 1. The Labute approximate surface area is 117 Å². The molecule has 0 saturated heterocycles. The van der Waals surface area contributed by atoms with E-state index in [0.29, 0.717) is 0 Å². The molecule has 2 aliphatic carbocycles. The summed E-state index contributed by atoms with van der Waals surface area (Å²) in [5.41, 5.74) is 7.09. The number of methoxy groups -OCH3 is 1. The van der Waals surface area contributed by atoms with E-state index in [1.807, 2.05) is 12.1 Å². The van der Waals surface area contributed by atoms with Gasteiger partial charge in [0.1, 0.15) is 5.75 Å². The Morgan fingerprint density at radius 1 is 1.05 bits per heavy atom. The average molecular weight is 267 g/mol. The van der Waals surface area contributed by atoms with Crippen molar-refractivity contribution < 1.29 is 4.74 Å². The second-order valence-corrected chi connectivity index (χ2v) is 5.64. The average Bonchev–Trinajstić information content (AvgIpc) is 2.86. The predicted octanol–water partition coefficient (Wildman–Crippen LogP) is 2.83. The molecule has 102 valence electrons. The van der Waals surface area contributed by atoms with E-state index < -0.39 is 0 Å². The van der Waals surface area contributed by atoms with Crippen LogP contribution in [0.4, 0.5) is 0 Å². The van der Waals surface area contributed by atoms with Crippen molar-refractivity contribution in [2.45, 2.75) is 32.1 Å². The van der Waals surface area contributed by atoms with Gasteiger partial charge in [0.05, 0.1) is 12.8 Å². The van der Waals surface area contributed by atoms with E-state index in [0.717, 1.165) is 48.3 Å². The smallest absolute Gasteiger partial charge is 0.251 e. The summed E-state index contributed by atoms with van der Waals surface area (Å²) in [7, 11) is 1.71. The van der Waals surface area contributed by atoms with E-state index in [1.165, 1.54) is 23.1 Å². The Kier molecular flexibility index (Phi) is 2.49. The first-order chi connectivity index (χ1) is 9.79. The Balaban J connectivity index is 2.00. The molecule has 3 heteroatoms. The summed E-state index contributed by atoms with van der Waals surface area (Å²) in [6.45, 7) is 0. The second-order valence-electron chi connectivity index (χ2n) is 5.64. The third-order valence-corrected chi connectivity index (χ3v) is 4.62. The van der Waals surface area contributed by atoms with E-state index in [1.54, 1.807) is 7.11 Å². The van der Waals surface area contributed by atoms with Crippen molar-refractivity contribution >= 4 is 0 Å². The highest BCUT2D eigenvalue weighted by molar-refractivity contribution is 5.77. The molecule has 0 unspecified atom stereocenters. The van der Waals surface area contributed by atoms with Gasteiger partial charge in [0.15, 0.2) is 0 Å². The monoisotopic (exact) mass is 267 g/mol. The highest BCUT2D eigenvalue weighted by atomic mass is 16.5. The number of aromatic nitrogens is 1. The van der Waals surface area contributed by atoms with Crippen LogP contribution in [0.1, 0.15) is 35.1 Å². The minimum Gasteiger partial charge on any atom is -0.496 e. The van der Waals surface area contributed by atoms with E-state index in [2.05, 4.69) is 11.1 Å². The Morgan fingerprint density at radius 2 is 1.85 bits per heavy atom. The topological polar surface area (TPSA) is 42.1 Å². The zero-order chi connectivity index (χ0) is 13.7. The number of pyridine rings is 1. The van der Waals surface area contributed by atoms with Gasteiger partial charge in [-0.2, -0.15) is 0 Å². The van der Waals surface area contributed by atoms with Gasteiger partial charge in [-0.25, -0.2) is 0 Å². The minimum atomic E-state index is 0.106. The molecule has 0 saturated carbocycles. The zero-order valence-corrected chi connectivity index (χ0v) is 11.6. The van der Waals surface area contributed by atoms with Crippen LogP contribution in [0.3, 0.4) is 0 Å². The Morgan fingerprint density at radius 3 is 2.65 bits per heavy atom. The van der Waals surface area contributed by atoms with Crippen molar-refractivity contribution in [3.05, 3.63) is 50.8 Å². The van der Waals surface area contributed by atoms with Crippen LogP contribution in [0.2, 0.25) is 0 Å². The summed E-state index contributed by atoms with van der Waals surface area (Å²) in [5, 5.41) is 0. The molecule has 0 atom stereocenters. The number of rotatable bonds is 1. The maximum absolute atomic E-state index is 12.3. The van der Waals surface area contributed by atoms with Crippen LogP contribution in [0.15, 0.2) is 23.0 Å². The van der Waals surface area contributed by atoms with E-state index in [-0.39, 0.29) is 5.56 Å². The molecule has 0 aliphatic heterocycles. The molecule has 1 aromatic heterocycles. The minimum absolute atomic E-state index is 0.106. The van der Waals surface area contributed by atoms with Gasteiger partial charge in [-0.3, -0.25) is 4.79 Å². The van der Waals surface area contributed by atoms with Crippen LogP contribution in [-0.2, 0) is 19.3 Å². The number of hydrogen-bond donors (Lipinski definition) is 1. The second kappa shape index (κ2) is 4.23. The lowest BCUT2D eigenvalue weighted by Gasteiger charge is -2.18. The third kappa shape index (κ3) is 1.49. The van der Waals surface area contributed by atoms with Crippen LogP contribution in [0.25, 0.3) is 11.3 Å². The molecule has 0 amide bonds. The van der Waals surface area contributed by atoms with E-state index >= 15 is 0 Å². The van der Waals surface area contributed by atoms with Crippen molar-refractivity contribution in [2.24, 2.45) is 0 Å². The molecule has 4 rings (SSSR count). The lowest BCUT2D eigenvalue weighted by molar-refractivity contribution is 0.411. The summed E-state index contributed by atoms with van der Waals surface area (Å²) in [6.07, 6.45) is 5.17. The number of H-pyrrole nitrogens is 1. The van der Waals surface area contributed by atoms with Crippen molar-refractivity contribution in [1.29, 1.82) is 0 Å². The third-order valence-electron chi connectivity index (χ3n) is 4.62. The van der Waals surface area contributed by atoms with Crippen molar-refractivity contribution in [2.75, 3.05) is 7.11 Å². The first-order valence-electron chi connectivity index (χ1n) is 7.22. The molecule has 1 N–H and O–H groups in total. The standard InChI is InChI=1S/C17H17NO2/c1-20-15-8-4-7-11-13(15)9-14-10-5-2-3-6-12(10)17(19)18-16(11)14/h4,7-8H,2-3,5-6,9H2,1H3,(H,18,19). The number of aromatic amines is 1. The van der Waals surface area contributed by atoms with E-state index in [4.69, 9.17) is 4.74 Å². The normalized spacial score (nSPS) is 15.4. The van der Waals surface area contributed by atoms with Crippen LogP contribution in [-0.4, -0.2) is 12.1 Å². The Bertz CT molecular complexity index is 758. The molecule has 2 aromatic rings.